The third kappa shape index (κ3) is 3.95. The van der Waals surface area contributed by atoms with Crippen molar-refractivity contribution in [2.45, 2.75) is 26.7 Å². The van der Waals surface area contributed by atoms with Gasteiger partial charge in [0, 0.05) is 11.4 Å². The molecule has 0 aliphatic rings. The Morgan fingerprint density at radius 3 is 2.81 bits per heavy atom. The number of hydrogen-bond acceptors (Lipinski definition) is 4. The Bertz CT molecular complexity index is 654. The van der Waals surface area contributed by atoms with Crippen LogP contribution in [0.4, 0.5) is 0 Å². The zero-order valence-corrected chi connectivity index (χ0v) is 13.4. The molecule has 2 aromatic rings. The van der Waals surface area contributed by atoms with Crippen LogP contribution in [0, 0.1) is 6.92 Å². The predicted octanol–water partition coefficient (Wildman–Crippen LogP) is 3.99. The van der Waals surface area contributed by atoms with Crippen LogP contribution >= 0.6 is 22.9 Å². The van der Waals surface area contributed by atoms with Gasteiger partial charge in [0.15, 0.2) is 0 Å². The van der Waals surface area contributed by atoms with Crippen LogP contribution in [-0.4, -0.2) is 22.7 Å². The number of nitrogens with zero attached hydrogens (tertiary/aromatic N) is 1. The Labute approximate surface area is 132 Å². The molecule has 2 rings (SSSR count). The minimum absolute atomic E-state index is 0.329. The van der Waals surface area contributed by atoms with E-state index in [-0.39, 0.29) is 0 Å². The Hall–Kier alpha value is -1.59. The molecule has 0 radical (unpaired) electrons. The van der Waals surface area contributed by atoms with Gasteiger partial charge >= 0.3 is 5.97 Å². The summed E-state index contributed by atoms with van der Waals surface area (Å²) in [5, 5.41) is 10.6. The highest BCUT2D eigenvalue weighted by atomic mass is 35.5. The van der Waals surface area contributed by atoms with Crippen molar-refractivity contribution in [2.75, 3.05) is 6.61 Å². The first-order chi connectivity index (χ1) is 10.0. The average molecular weight is 326 g/mol. The second-order valence-electron chi connectivity index (χ2n) is 4.55. The van der Waals surface area contributed by atoms with Crippen molar-refractivity contribution in [1.29, 1.82) is 0 Å². The fourth-order valence-corrected chi connectivity index (χ4v) is 2.97. The number of carboxylic acid groups (broad SMARTS) is 1. The van der Waals surface area contributed by atoms with Gasteiger partial charge in [0.2, 0.25) is 0 Å². The summed E-state index contributed by atoms with van der Waals surface area (Å²) in [6.45, 7) is 4.28. The van der Waals surface area contributed by atoms with Crippen molar-refractivity contribution in [3.63, 3.8) is 0 Å². The van der Waals surface area contributed by atoms with Crippen LogP contribution in [0.3, 0.4) is 0 Å². The van der Waals surface area contributed by atoms with Gasteiger partial charge in [0.05, 0.1) is 17.3 Å². The number of halogens is 1. The first-order valence-electron chi connectivity index (χ1n) is 6.62. The molecule has 112 valence electrons. The molecule has 1 N–H and O–H groups in total. The van der Waals surface area contributed by atoms with Crippen molar-refractivity contribution in [2.24, 2.45) is 0 Å². The summed E-state index contributed by atoms with van der Waals surface area (Å²) in [5.41, 5.74) is 1.61. The molecule has 0 atom stereocenters. The van der Waals surface area contributed by atoms with E-state index >= 15 is 0 Å². The lowest BCUT2D eigenvalue weighted by Crippen LogP contribution is -2.01. The van der Waals surface area contributed by atoms with Crippen LogP contribution in [-0.2, 0) is 12.8 Å². The summed E-state index contributed by atoms with van der Waals surface area (Å²) in [4.78, 5) is 15.8. The monoisotopic (exact) mass is 325 g/mol. The second-order valence-corrected chi connectivity index (χ2v) is 6.04. The van der Waals surface area contributed by atoms with Gasteiger partial charge in [0.25, 0.3) is 0 Å². The number of aryl methyl sites for hydroxylation is 2. The summed E-state index contributed by atoms with van der Waals surface area (Å²) < 4.78 is 5.65. The molecule has 21 heavy (non-hydrogen) atoms. The van der Waals surface area contributed by atoms with Crippen LogP contribution in [0.2, 0.25) is 5.02 Å². The van der Waals surface area contributed by atoms with Gasteiger partial charge in [-0.1, -0.05) is 18.5 Å². The van der Waals surface area contributed by atoms with Crippen molar-refractivity contribution < 1.29 is 14.6 Å². The maximum Gasteiger partial charge on any atom is 0.347 e. The van der Waals surface area contributed by atoms with E-state index in [9.17, 15) is 4.79 Å². The smallest absolute Gasteiger partial charge is 0.347 e. The van der Waals surface area contributed by atoms with Crippen molar-refractivity contribution in [3.8, 4) is 5.75 Å². The predicted molar refractivity (Wildman–Crippen MR) is 83.8 cm³/mol. The number of rotatable bonds is 6. The van der Waals surface area contributed by atoms with Gasteiger partial charge in [-0.2, -0.15) is 0 Å². The summed E-state index contributed by atoms with van der Waals surface area (Å²) in [5.74, 6) is -0.160. The lowest BCUT2D eigenvalue weighted by atomic mass is 10.2. The third-order valence-electron chi connectivity index (χ3n) is 2.98. The third-order valence-corrected chi connectivity index (χ3v) is 4.55. The first kappa shape index (κ1) is 15.8. The second kappa shape index (κ2) is 6.91. The molecule has 1 aromatic carbocycles. The van der Waals surface area contributed by atoms with E-state index in [1.54, 1.807) is 6.07 Å². The lowest BCUT2D eigenvalue weighted by Gasteiger charge is -2.06. The number of aromatic carboxylic acids is 1. The maximum absolute atomic E-state index is 11.1. The van der Waals surface area contributed by atoms with E-state index in [4.69, 9.17) is 21.4 Å². The molecule has 0 unspecified atom stereocenters. The molecule has 1 aromatic heterocycles. The van der Waals surface area contributed by atoms with Gasteiger partial charge in [-0.05, 0) is 37.1 Å². The van der Waals surface area contributed by atoms with Crippen LogP contribution in [0.1, 0.15) is 32.9 Å². The fourth-order valence-electron chi connectivity index (χ4n) is 1.88. The zero-order valence-electron chi connectivity index (χ0n) is 11.9. The van der Waals surface area contributed by atoms with Gasteiger partial charge in [0.1, 0.15) is 10.6 Å². The Balaban J connectivity index is 1.97. The number of benzene rings is 1. The van der Waals surface area contributed by atoms with Gasteiger partial charge in [-0.15, -0.1) is 11.3 Å². The molecule has 0 fully saturated rings. The molecule has 0 aliphatic carbocycles. The molecule has 0 spiro atoms. The van der Waals surface area contributed by atoms with Crippen molar-refractivity contribution in [3.05, 3.63) is 44.4 Å². The lowest BCUT2D eigenvalue weighted by molar-refractivity contribution is 0.0701. The quantitative estimate of drug-likeness (QED) is 0.872. The van der Waals surface area contributed by atoms with Gasteiger partial charge < -0.3 is 9.84 Å². The van der Waals surface area contributed by atoms with E-state index in [0.717, 1.165) is 16.3 Å². The molecule has 1 heterocycles. The molecule has 4 nitrogen and oxygen atoms in total. The molecular formula is C15H16ClNO3S. The molecule has 0 bridgehead atoms. The molecular weight excluding hydrogens is 310 g/mol. The van der Waals surface area contributed by atoms with Crippen molar-refractivity contribution in [1.82, 2.24) is 4.98 Å². The van der Waals surface area contributed by atoms with E-state index in [1.807, 2.05) is 26.0 Å². The summed E-state index contributed by atoms with van der Waals surface area (Å²) in [7, 11) is 0. The SMILES string of the molecule is CCc1nc(CCOc2ccc(Cl)c(C)c2)sc1C(=O)O. The molecule has 6 heteroatoms. The number of carbonyl (C=O) groups is 1. The molecule has 0 saturated carbocycles. The fraction of sp³-hybridized carbons (Fsp3) is 0.333. The topological polar surface area (TPSA) is 59.4 Å². The molecule has 0 amide bonds. The Kier molecular flexibility index (Phi) is 5.20. The largest absolute Gasteiger partial charge is 0.493 e. The number of thiazole rings is 1. The van der Waals surface area contributed by atoms with E-state index < -0.39 is 5.97 Å². The number of hydrogen-bond donors (Lipinski definition) is 1. The number of aromatic nitrogens is 1. The highest BCUT2D eigenvalue weighted by molar-refractivity contribution is 7.13. The Morgan fingerprint density at radius 2 is 2.24 bits per heavy atom. The van der Waals surface area contributed by atoms with Crippen LogP contribution in [0.15, 0.2) is 18.2 Å². The van der Waals surface area contributed by atoms with E-state index in [2.05, 4.69) is 4.98 Å². The average Bonchev–Trinajstić information content (AvgIpc) is 2.86. The van der Waals surface area contributed by atoms with E-state index in [1.165, 1.54) is 11.3 Å². The van der Waals surface area contributed by atoms with Crippen LogP contribution < -0.4 is 4.74 Å². The first-order valence-corrected chi connectivity index (χ1v) is 7.81. The highest BCUT2D eigenvalue weighted by Crippen LogP contribution is 2.22. The van der Waals surface area contributed by atoms with Crippen LogP contribution in [0.5, 0.6) is 5.75 Å². The highest BCUT2D eigenvalue weighted by Gasteiger charge is 2.15. The van der Waals surface area contributed by atoms with Gasteiger partial charge in [-0.3, -0.25) is 0 Å². The van der Waals surface area contributed by atoms with Crippen LogP contribution in [0.25, 0.3) is 0 Å². The normalized spacial score (nSPS) is 10.6. The molecule has 0 saturated heterocycles. The minimum Gasteiger partial charge on any atom is -0.493 e. The standard InChI is InChI=1S/C15H16ClNO3S/c1-3-12-14(15(18)19)21-13(17-12)6-7-20-10-4-5-11(16)9(2)8-10/h4-5,8H,3,6-7H2,1-2H3,(H,18,19). The van der Waals surface area contributed by atoms with E-state index in [0.29, 0.717) is 35.0 Å². The number of carboxylic acids is 1. The Morgan fingerprint density at radius 1 is 1.48 bits per heavy atom. The van der Waals surface area contributed by atoms with Gasteiger partial charge in [-0.25, -0.2) is 9.78 Å². The summed E-state index contributed by atoms with van der Waals surface area (Å²) >= 11 is 7.18. The summed E-state index contributed by atoms with van der Waals surface area (Å²) in [6, 6.07) is 5.50. The zero-order chi connectivity index (χ0) is 15.4. The summed E-state index contributed by atoms with van der Waals surface area (Å²) in [6.07, 6.45) is 1.21. The number of ether oxygens (including phenoxy) is 1. The molecule has 0 aliphatic heterocycles. The van der Waals surface area contributed by atoms with Crippen molar-refractivity contribution >= 4 is 28.9 Å². The minimum atomic E-state index is -0.912. The maximum atomic E-state index is 11.1.